The standard InChI is InChI=1S/C17H27N5O3/c1-11(2)13(10-23)18-16(24)7-5-6-14-19-20-15-8-9-17(21-22(14)15)25-12(3)4/h8-9,11-13,23H,5-7,10H2,1-4H3,(H,18,24)/t13-/m1/s1. The molecule has 25 heavy (non-hydrogen) atoms. The summed E-state index contributed by atoms with van der Waals surface area (Å²) in [6, 6.07) is 3.36. The Bertz CT molecular complexity index is 699. The van der Waals surface area contributed by atoms with Crippen LogP contribution in [0.15, 0.2) is 12.1 Å². The zero-order chi connectivity index (χ0) is 18.4. The number of ether oxygens (including phenoxy) is 1. The highest BCUT2D eigenvalue weighted by Gasteiger charge is 2.15. The lowest BCUT2D eigenvalue weighted by Gasteiger charge is -2.19. The van der Waals surface area contributed by atoms with E-state index in [9.17, 15) is 9.90 Å². The van der Waals surface area contributed by atoms with Crippen molar-refractivity contribution in [3.05, 3.63) is 18.0 Å². The maximum atomic E-state index is 12.0. The van der Waals surface area contributed by atoms with E-state index in [2.05, 4.69) is 20.6 Å². The number of aliphatic hydroxyl groups is 1. The Labute approximate surface area is 147 Å². The van der Waals surface area contributed by atoms with Crippen LogP contribution in [0.5, 0.6) is 5.88 Å². The molecule has 0 spiro atoms. The molecular weight excluding hydrogens is 322 g/mol. The SMILES string of the molecule is CC(C)Oc1ccc2nnc(CCCC(=O)N[C@H](CO)C(C)C)n2n1. The Hall–Kier alpha value is -2.22. The van der Waals surface area contributed by atoms with Crippen molar-refractivity contribution in [2.75, 3.05) is 6.61 Å². The molecule has 2 N–H and O–H groups in total. The van der Waals surface area contributed by atoms with Crippen LogP contribution < -0.4 is 10.1 Å². The van der Waals surface area contributed by atoms with Gasteiger partial charge in [0.1, 0.15) is 0 Å². The minimum Gasteiger partial charge on any atom is -0.474 e. The topological polar surface area (TPSA) is 102 Å². The molecule has 0 aliphatic carbocycles. The maximum Gasteiger partial charge on any atom is 0.232 e. The van der Waals surface area contributed by atoms with Gasteiger partial charge in [-0.15, -0.1) is 15.3 Å². The summed E-state index contributed by atoms with van der Waals surface area (Å²) in [5, 5.41) is 24.7. The highest BCUT2D eigenvalue weighted by Crippen LogP contribution is 2.12. The van der Waals surface area contributed by atoms with Crippen molar-refractivity contribution >= 4 is 11.6 Å². The van der Waals surface area contributed by atoms with E-state index < -0.39 is 0 Å². The number of carbonyl (C=O) groups is 1. The number of aliphatic hydroxyl groups excluding tert-OH is 1. The number of hydrogen-bond donors (Lipinski definition) is 2. The lowest BCUT2D eigenvalue weighted by atomic mass is 10.1. The Morgan fingerprint density at radius 2 is 2.04 bits per heavy atom. The van der Waals surface area contributed by atoms with Crippen LogP contribution in [0.4, 0.5) is 0 Å². The molecule has 2 aromatic rings. The van der Waals surface area contributed by atoms with Gasteiger partial charge in [-0.25, -0.2) is 0 Å². The van der Waals surface area contributed by atoms with Crippen molar-refractivity contribution in [2.24, 2.45) is 5.92 Å². The molecule has 8 nitrogen and oxygen atoms in total. The minimum atomic E-state index is -0.209. The van der Waals surface area contributed by atoms with E-state index >= 15 is 0 Å². The molecule has 0 bridgehead atoms. The van der Waals surface area contributed by atoms with E-state index in [0.717, 1.165) is 0 Å². The number of fused-ring (bicyclic) bond motifs is 1. The molecule has 0 radical (unpaired) electrons. The predicted molar refractivity (Wildman–Crippen MR) is 93.3 cm³/mol. The van der Waals surface area contributed by atoms with Gasteiger partial charge in [-0.2, -0.15) is 4.52 Å². The van der Waals surface area contributed by atoms with Gasteiger partial charge in [-0.3, -0.25) is 4.79 Å². The molecule has 2 heterocycles. The first-order chi connectivity index (χ1) is 11.9. The lowest BCUT2D eigenvalue weighted by molar-refractivity contribution is -0.122. The average molecular weight is 349 g/mol. The summed E-state index contributed by atoms with van der Waals surface area (Å²) in [7, 11) is 0. The van der Waals surface area contributed by atoms with Crippen LogP contribution in [-0.4, -0.2) is 49.6 Å². The maximum absolute atomic E-state index is 12.0. The quantitative estimate of drug-likeness (QED) is 0.709. The average Bonchev–Trinajstić information content (AvgIpc) is 2.94. The van der Waals surface area contributed by atoms with Gasteiger partial charge in [0.05, 0.1) is 18.8 Å². The van der Waals surface area contributed by atoms with Crippen molar-refractivity contribution in [1.29, 1.82) is 0 Å². The number of carbonyl (C=O) groups excluding carboxylic acids is 1. The number of aromatic nitrogens is 4. The number of aryl methyl sites for hydroxylation is 1. The van der Waals surface area contributed by atoms with Crippen LogP contribution in [0, 0.1) is 5.92 Å². The molecule has 0 fully saturated rings. The summed E-state index contributed by atoms with van der Waals surface area (Å²) in [5.74, 6) is 1.33. The first-order valence-electron chi connectivity index (χ1n) is 8.69. The Kier molecular flexibility index (Phi) is 6.69. The Morgan fingerprint density at radius 1 is 1.28 bits per heavy atom. The van der Waals surface area contributed by atoms with Crippen molar-refractivity contribution in [1.82, 2.24) is 25.1 Å². The van der Waals surface area contributed by atoms with Crippen LogP contribution in [-0.2, 0) is 11.2 Å². The second-order valence-corrected chi connectivity index (χ2v) is 6.68. The van der Waals surface area contributed by atoms with Crippen molar-refractivity contribution < 1.29 is 14.6 Å². The van der Waals surface area contributed by atoms with E-state index in [1.807, 2.05) is 33.8 Å². The van der Waals surface area contributed by atoms with Crippen molar-refractivity contribution in [3.63, 3.8) is 0 Å². The monoisotopic (exact) mass is 349 g/mol. The van der Waals surface area contributed by atoms with Crippen LogP contribution in [0.3, 0.4) is 0 Å². The molecule has 0 unspecified atom stereocenters. The second-order valence-electron chi connectivity index (χ2n) is 6.68. The van der Waals surface area contributed by atoms with Gasteiger partial charge in [0.2, 0.25) is 11.8 Å². The molecule has 1 atom stereocenters. The van der Waals surface area contributed by atoms with Crippen LogP contribution >= 0.6 is 0 Å². The van der Waals surface area contributed by atoms with Crippen molar-refractivity contribution in [2.45, 2.75) is 59.1 Å². The summed E-state index contributed by atoms with van der Waals surface area (Å²) < 4.78 is 7.25. The number of nitrogens with one attached hydrogen (secondary N) is 1. The largest absolute Gasteiger partial charge is 0.474 e. The fourth-order valence-electron chi connectivity index (χ4n) is 2.39. The minimum absolute atomic E-state index is 0.0361. The zero-order valence-electron chi connectivity index (χ0n) is 15.3. The lowest BCUT2D eigenvalue weighted by Crippen LogP contribution is -2.41. The molecule has 0 saturated carbocycles. The second kappa shape index (κ2) is 8.75. The summed E-state index contributed by atoms with van der Waals surface area (Å²) >= 11 is 0. The molecule has 8 heteroatoms. The van der Waals surface area contributed by atoms with E-state index in [1.54, 1.807) is 10.6 Å². The number of hydrogen-bond acceptors (Lipinski definition) is 6. The first-order valence-corrected chi connectivity index (χ1v) is 8.69. The molecule has 1 amide bonds. The molecule has 2 rings (SSSR count). The van der Waals surface area contributed by atoms with E-state index in [1.165, 1.54) is 0 Å². The Morgan fingerprint density at radius 3 is 2.68 bits per heavy atom. The number of nitrogens with zero attached hydrogens (tertiary/aromatic N) is 4. The molecule has 2 aromatic heterocycles. The normalized spacial score (nSPS) is 12.8. The van der Waals surface area contributed by atoms with Gasteiger partial charge in [0.15, 0.2) is 11.5 Å². The van der Waals surface area contributed by atoms with Gasteiger partial charge in [-0.1, -0.05) is 13.8 Å². The first kappa shape index (κ1) is 19.1. The van der Waals surface area contributed by atoms with Gasteiger partial charge in [0, 0.05) is 18.9 Å². The Balaban J connectivity index is 1.93. The zero-order valence-corrected chi connectivity index (χ0v) is 15.3. The molecule has 0 aliphatic rings. The van der Waals surface area contributed by atoms with Crippen LogP contribution in [0.2, 0.25) is 0 Å². The smallest absolute Gasteiger partial charge is 0.232 e. The third-order valence-corrected chi connectivity index (χ3v) is 3.81. The molecule has 0 saturated heterocycles. The summed E-state index contributed by atoms with van der Waals surface area (Å²) in [4.78, 5) is 12.0. The molecule has 138 valence electrons. The number of rotatable bonds is 9. The molecule has 0 aromatic carbocycles. The summed E-state index contributed by atoms with van der Waals surface area (Å²) in [5.41, 5.74) is 0.649. The predicted octanol–water partition coefficient (Wildman–Crippen LogP) is 1.37. The fourth-order valence-corrected chi connectivity index (χ4v) is 2.39. The van der Waals surface area contributed by atoms with Crippen LogP contribution in [0.25, 0.3) is 5.65 Å². The van der Waals surface area contributed by atoms with E-state index in [0.29, 0.717) is 36.6 Å². The van der Waals surface area contributed by atoms with Gasteiger partial charge in [0.25, 0.3) is 0 Å². The van der Waals surface area contributed by atoms with Crippen molar-refractivity contribution in [3.8, 4) is 5.88 Å². The third-order valence-electron chi connectivity index (χ3n) is 3.81. The van der Waals surface area contributed by atoms with Gasteiger partial charge >= 0.3 is 0 Å². The van der Waals surface area contributed by atoms with E-state index in [-0.39, 0.29) is 30.6 Å². The molecular formula is C17H27N5O3. The summed E-state index contributed by atoms with van der Waals surface area (Å²) in [6.45, 7) is 7.75. The van der Waals surface area contributed by atoms with Gasteiger partial charge < -0.3 is 15.2 Å². The fraction of sp³-hybridized carbons (Fsp3) is 0.647. The number of amides is 1. The third kappa shape index (κ3) is 5.38. The molecule has 0 aliphatic heterocycles. The highest BCUT2D eigenvalue weighted by atomic mass is 16.5. The van der Waals surface area contributed by atoms with E-state index in [4.69, 9.17) is 4.74 Å². The van der Waals surface area contributed by atoms with Gasteiger partial charge in [-0.05, 0) is 32.3 Å². The summed E-state index contributed by atoms with van der Waals surface area (Å²) in [6.07, 6.45) is 1.60. The van der Waals surface area contributed by atoms with Crippen LogP contribution in [0.1, 0.15) is 46.4 Å². The highest BCUT2D eigenvalue weighted by molar-refractivity contribution is 5.76.